The molecule has 0 bridgehead atoms. The quantitative estimate of drug-likeness (QED) is 0.484. The molecule has 3 aromatic rings. The number of phenols is 2. The fourth-order valence-electron chi connectivity index (χ4n) is 4.02. The molecule has 4 N–H and O–H groups in total. The summed E-state index contributed by atoms with van der Waals surface area (Å²) in [4.78, 5) is 1.96. The van der Waals surface area contributed by atoms with Crippen molar-refractivity contribution in [2.45, 2.75) is 39.3 Å². The first-order valence-corrected chi connectivity index (χ1v) is 10.2. The lowest BCUT2D eigenvalue weighted by Crippen LogP contribution is -2.29. The Labute approximate surface area is 175 Å². The van der Waals surface area contributed by atoms with Gasteiger partial charge in [-0.15, -0.1) is 0 Å². The first kappa shape index (κ1) is 19.5. The highest BCUT2D eigenvalue weighted by Crippen LogP contribution is 2.38. The van der Waals surface area contributed by atoms with E-state index < -0.39 is 6.17 Å². The van der Waals surface area contributed by atoms with Crippen LogP contribution in [0, 0.1) is 0 Å². The van der Waals surface area contributed by atoms with E-state index in [4.69, 9.17) is 12.2 Å². The summed E-state index contributed by atoms with van der Waals surface area (Å²) in [7, 11) is 2.06. The van der Waals surface area contributed by atoms with Gasteiger partial charge in [-0.05, 0) is 59.9 Å². The maximum absolute atomic E-state index is 10.5. The second-order valence-electron chi connectivity index (χ2n) is 7.79. The highest BCUT2D eigenvalue weighted by atomic mass is 32.1. The van der Waals surface area contributed by atoms with Crippen molar-refractivity contribution in [3.8, 4) is 11.5 Å². The van der Waals surface area contributed by atoms with Crippen LogP contribution in [0.4, 0.5) is 5.69 Å². The Morgan fingerprint density at radius 3 is 2.59 bits per heavy atom. The SMILES string of the molecule is CCc1cc(C2NNC(=S)N2c2ccc3c(c2)c(C(C)C)cn3C)c(O)cc1O. The number of fused-ring (bicyclic) bond motifs is 1. The van der Waals surface area contributed by atoms with Crippen molar-refractivity contribution in [3.05, 3.63) is 53.2 Å². The molecule has 6 nitrogen and oxygen atoms in total. The third-order valence-electron chi connectivity index (χ3n) is 5.60. The van der Waals surface area contributed by atoms with E-state index >= 15 is 0 Å². The van der Waals surface area contributed by atoms with Gasteiger partial charge < -0.3 is 14.8 Å². The number of hydrogen-bond acceptors (Lipinski definition) is 4. The molecular formula is C22H26N4O2S. The first-order chi connectivity index (χ1) is 13.8. The van der Waals surface area contributed by atoms with Crippen molar-refractivity contribution >= 4 is 33.9 Å². The molecule has 0 aliphatic carbocycles. The van der Waals surface area contributed by atoms with E-state index in [0.717, 1.165) is 11.3 Å². The zero-order valence-corrected chi connectivity index (χ0v) is 17.8. The second-order valence-corrected chi connectivity index (χ2v) is 8.18. The molecule has 1 saturated heterocycles. The summed E-state index contributed by atoms with van der Waals surface area (Å²) < 4.78 is 2.14. The van der Waals surface area contributed by atoms with Gasteiger partial charge >= 0.3 is 0 Å². The Kier molecular flexibility index (Phi) is 4.88. The van der Waals surface area contributed by atoms with Crippen LogP contribution in [0.2, 0.25) is 0 Å². The smallest absolute Gasteiger partial charge is 0.189 e. The maximum atomic E-state index is 10.5. The van der Waals surface area contributed by atoms with E-state index in [1.807, 2.05) is 24.0 Å². The molecule has 29 heavy (non-hydrogen) atoms. The van der Waals surface area contributed by atoms with Crippen molar-refractivity contribution < 1.29 is 10.2 Å². The standard InChI is InChI=1S/C22H26N4O2S/c1-5-13-8-16(20(28)10-19(13)27)21-23-24-22(29)26(21)14-6-7-18-15(9-14)17(12(2)3)11-25(18)4/h6-12,21,23,27-28H,5H2,1-4H3,(H,24,29). The molecule has 152 valence electrons. The number of benzene rings is 2. The third kappa shape index (κ3) is 3.20. The van der Waals surface area contributed by atoms with Crippen LogP contribution in [0.15, 0.2) is 36.5 Å². The predicted octanol–water partition coefficient (Wildman–Crippen LogP) is 4.17. The van der Waals surface area contributed by atoms with Crippen molar-refractivity contribution in [1.82, 2.24) is 15.4 Å². The molecule has 1 atom stereocenters. The number of aromatic nitrogens is 1. The summed E-state index contributed by atoms with van der Waals surface area (Å²) in [5.41, 5.74) is 11.0. The molecular weight excluding hydrogens is 384 g/mol. The molecule has 1 fully saturated rings. The average molecular weight is 411 g/mol. The first-order valence-electron chi connectivity index (χ1n) is 9.80. The molecule has 1 aliphatic rings. The third-order valence-corrected chi connectivity index (χ3v) is 5.90. The minimum Gasteiger partial charge on any atom is -0.508 e. The van der Waals surface area contributed by atoms with Gasteiger partial charge in [0.25, 0.3) is 0 Å². The molecule has 1 aromatic heterocycles. The van der Waals surface area contributed by atoms with E-state index in [0.29, 0.717) is 23.0 Å². The lowest BCUT2D eigenvalue weighted by Gasteiger charge is -2.26. The Balaban J connectivity index is 1.83. The van der Waals surface area contributed by atoms with E-state index in [1.54, 1.807) is 0 Å². The van der Waals surface area contributed by atoms with E-state index in [9.17, 15) is 10.2 Å². The number of rotatable bonds is 4. The fraction of sp³-hybridized carbons (Fsp3) is 0.318. The van der Waals surface area contributed by atoms with Crippen molar-refractivity contribution in [1.29, 1.82) is 0 Å². The summed E-state index contributed by atoms with van der Waals surface area (Å²) in [6.45, 7) is 6.35. The molecule has 1 aliphatic heterocycles. The van der Waals surface area contributed by atoms with Gasteiger partial charge in [0.2, 0.25) is 0 Å². The van der Waals surface area contributed by atoms with Gasteiger partial charge in [-0.3, -0.25) is 10.3 Å². The molecule has 7 heteroatoms. The van der Waals surface area contributed by atoms with Crippen LogP contribution < -0.4 is 15.8 Å². The number of phenolic OH excluding ortho intramolecular Hbond substituents is 2. The average Bonchev–Trinajstić information content (AvgIpc) is 3.22. The van der Waals surface area contributed by atoms with Crippen LogP contribution in [-0.2, 0) is 13.5 Å². The highest BCUT2D eigenvalue weighted by molar-refractivity contribution is 7.80. The molecule has 1 unspecified atom stereocenters. The van der Waals surface area contributed by atoms with Crippen molar-refractivity contribution in [3.63, 3.8) is 0 Å². The van der Waals surface area contributed by atoms with Crippen LogP contribution in [0.5, 0.6) is 11.5 Å². The Hall–Kier alpha value is -2.77. The minimum absolute atomic E-state index is 0.0253. The Morgan fingerprint density at radius 2 is 1.90 bits per heavy atom. The van der Waals surface area contributed by atoms with Gasteiger partial charge in [0.05, 0.1) is 0 Å². The van der Waals surface area contributed by atoms with Crippen molar-refractivity contribution in [2.75, 3.05) is 4.90 Å². The minimum atomic E-state index is -0.392. The van der Waals surface area contributed by atoms with Gasteiger partial charge in [0.1, 0.15) is 17.7 Å². The van der Waals surface area contributed by atoms with Crippen LogP contribution in [0.1, 0.15) is 49.5 Å². The number of hydrogen-bond donors (Lipinski definition) is 4. The Morgan fingerprint density at radius 1 is 1.14 bits per heavy atom. The van der Waals surface area contributed by atoms with Gasteiger partial charge in [0, 0.05) is 41.5 Å². The lowest BCUT2D eigenvalue weighted by molar-refractivity contribution is 0.433. The maximum Gasteiger partial charge on any atom is 0.189 e. The molecule has 0 spiro atoms. The van der Waals surface area contributed by atoms with Gasteiger partial charge in [-0.1, -0.05) is 20.8 Å². The van der Waals surface area contributed by atoms with Crippen LogP contribution in [0.25, 0.3) is 10.9 Å². The van der Waals surface area contributed by atoms with E-state index in [1.165, 1.54) is 22.5 Å². The molecule has 2 heterocycles. The van der Waals surface area contributed by atoms with Crippen molar-refractivity contribution in [2.24, 2.45) is 7.05 Å². The van der Waals surface area contributed by atoms with Gasteiger partial charge in [-0.2, -0.15) is 0 Å². The normalized spacial score (nSPS) is 16.8. The largest absolute Gasteiger partial charge is 0.508 e. The summed E-state index contributed by atoms with van der Waals surface area (Å²) in [5, 5.41) is 22.3. The van der Waals surface area contributed by atoms with E-state index in [2.05, 4.69) is 54.6 Å². The number of anilines is 1. The predicted molar refractivity (Wildman–Crippen MR) is 120 cm³/mol. The van der Waals surface area contributed by atoms with E-state index in [-0.39, 0.29) is 11.5 Å². The lowest BCUT2D eigenvalue weighted by atomic mass is 10.0. The molecule has 0 amide bonds. The topological polar surface area (TPSA) is 72.7 Å². The zero-order valence-electron chi connectivity index (χ0n) is 17.0. The second kappa shape index (κ2) is 7.24. The Bertz CT molecular complexity index is 1110. The summed E-state index contributed by atoms with van der Waals surface area (Å²) in [6, 6.07) is 9.51. The number of hydrazine groups is 1. The van der Waals surface area contributed by atoms with Crippen LogP contribution in [0.3, 0.4) is 0 Å². The number of nitrogens with zero attached hydrogens (tertiary/aromatic N) is 2. The molecule has 0 radical (unpaired) electrons. The monoisotopic (exact) mass is 410 g/mol. The van der Waals surface area contributed by atoms with Gasteiger partial charge in [-0.25, -0.2) is 5.43 Å². The molecule has 2 aromatic carbocycles. The number of nitrogens with one attached hydrogen (secondary N) is 2. The number of aryl methyl sites for hydroxylation is 2. The summed E-state index contributed by atoms with van der Waals surface area (Å²) in [6.07, 6.45) is 2.45. The zero-order chi connectivity index (χ0) is 20.9. The highest BCUT2D eigenvalue weighted by Gasteiger charge is 2.33. The van der Waals surface area contributed by atoms with Crippen LogP contribution >= 0.6 is 12.2 Å². The number of thiocarbonyl (C=S) groups is 1. The fourth-order valence-corrected chi connectivity index (χ4v) is 4.29. The summed E-state index contributed by atoms with van der Waals surface area (Å²) in [5.74, 6) is 0.526. The molecule has 0 saturated carbocycles. The number of aromatic hydroxyl groups is 2. The van der Waals surface area contributed by atoms with Crippen LogP contribution in [-0.4, -0.2) is 19.9 Å². The van der Waals surface area contributed by atoms with Gasteiger partial charge in [0.15, 0.2) is 5.11 Å². The molecule has 4 rings (SSSR count). The summed E-state index contributed by atoms with van der Waals surface area (Å²) >= 11 is 5.56.